The minimum absolute atomic E-state index is 0.261. The van der Waals surface area contributed by atoms with Crippen LogP contribution in [0.1, 0.15) is 12.8 Å². The lowest BCUT2D eigenvalue weighted by atomic mass is 10.1. The van der Waals surface area contributed by atoms with Gasteiger partial charge in [-0.05, 0) is 37.4 Å². The minimum Gasteiger partial charge on any atom is -0.493 e. The van der Waals surface area contributed by atoms with Crippen molar-refractivity contribution in [1.29, 1.82) is 0 Å². The average molecular weight is 209 g/mol. The third kappa shape index (κ3) is 2.93. The molecule has 1 unspecified atom stereocenters. The van der Waals surface area contributed by atoms with E-state index in [2.05, 4.69) is 0 Å². The summed E-state index contributed by atoms with van der Waals surface area (Å²) in [5.41, 5.74) is 5.65. The number of rotatable bonds is 5. The Morgan fingerprint density at radius 2 is 2.27 bits per heavy atom. The van der Waals surface area contributed by atoms with Gasteiger partial charge >= 0.3 is 0 Å². The normalized spacial score (nSPS) is 17.5. The number of ether oxygens (including phenoxy) is 1. The molecule has 0 bridgehead atoms. The van der Waals surface area contributed by atoms with E-state index in [4.69, 9.17) is 10.5 Å². The number of benzene rings is 1. The first kappa shape index (κ1) is 10.4. The third-order valence-corrected chi connectivity index (χ3v) is 2.85. The second-order valence-corrected chi connectivity index (χ2v) is 4.10. The van der Waals surface area contributed by atoms with Gasteiger partial charge in [0.05, 0.1) is 6.61 Å². The van der Waals surface area contributed by atoms with E-state index < -0.39 is 0 Å². The molecule has 1 aliphatic carbocycles. The fraction of sp³-hybridized carbons (Fsp3) is 0.500. The van der Waals surface area contributed by atoms with Crippen molar-refractivity contribution in [2.45, 2.75) is 12.8 Å². The van der Waals surface area contributed by atoms with Gasteiger partial charge in [-0.15, -0.1) is 0 Å². The molecule has 1 saturated carbocycles. The lowest BCUT2D eigenvalue weighted by Gasteiger charge is -2.14. The van der Waals surface area contributed by atoms with Crippen LogP contribution in [0, 0.1) is 17.7 Å². The van der Waals surface area contributed by atoms with Crippen LogP contribution in [0.15, 0.2) is 24.3 Å². The molecule has 1 aromatic carbocycles. The first-order chi connectivity index (χ1) is 7.29. The van der Waals surface area contributed by atoms with Crippen LogP contribution in [0.5, 0.6) is 5.75 Å². The van der Waals surface area contributed by atoms with Crippen LogP contribution in [-0.2, 0) is 0 Å². The molecule has 0 saturated heterocycles. The molecule has 0 amide bonds. The zero-order chi connectivity index (χ0) is 10.7. The fourth-order valence-electron chi connectivity index (χ4n) is 1.72. The molecular formula is C12H16FNO. The molecule has 82 valence electrons. The monoisotopic (exact) mass is 209 g/mol. The van der Waals surface area contributed by atoms with Crippen LogP contribution in [0.2, 0.25) is 0 Å². The summed E-state index contributed by atoms with van der Waals surface area (Å²) in [6.45, 7) is 1.25. The van der Waals surface area contributed by atoms with Gasteiger partial charge < -0.3 is 10.5 Å². The maximum absolute atomic E-state index is 12.8. The maximum Gasteiger partial charge on any atom is 0.126 e. The molecule has 15 heavy (non-hydrogen) atoms. The highest BCUT2D eigenvalue weighted by atomic mass is 19.1. The Labute approximate surface area is 89.2 Å². The summed E-state index contributed by atoms with van der Waals surface area (Å²) in [7, 11) is 0. The van der Waals surface area contributed by atoms with Crippen molar-refractivity contribution in [2.24, 2.45) is 17.6 Å². The van der Waals surface area contributed by atoms with Crippen LogP contribution >= 0.6 is 0 Å². The molecule has 3 heteroatoms. The summed E-state index contributed by atoms with van der Waals surface area (Å²) in [5.74, 6) is 1.48. The average Bonchev–Trinajstić information content (AvgIpc) is 3.03. The van der Waals surface area contributed by atoms with Gasteiger partial charge in [0.15, 0.2) is 0 Å². The molecule has 0 radical (unpaired) electrons. The first-order valence-corrected chi connectivity index (χ1v) is 5.38. The largest absolute Gasteiger partial charge is 0.493 e. The van der Waals surface area contributed by atoms with E-state index in [0.29, 0.717) is 24.8 Å². The lowest BCUT2D eigenvalue weighted by Crippen LogP contribution is -2.23. The van der Waals surface area contributed by atoms with Crippen molar-refractivity contribution in [3.63, 3.8) is 0 Å². The van der Waals surface area contributed by atoms with Crippen molar-refractivity contribution in [3.8, 4) is 5.75 Å². The zero-order valence-electron chi connectivity index (χ0n) is 8.66. The molecule has 1 aromatic rings. The molecule has 2 rings (SSSR count). The third-order valence-electron chi connectivity index (χ3n) is 2.85. The van der Waals surface area contributed by atoms with Crippen molar-refractivity contribution in [1.82, 2.24) is 0 Å². The van der Waals surface area contributed by atoms with E-state index in [1.165, 1.54) is 25.0 Å². The van der Waals surface area contributed by atoms with Crippen LogP contribution in [0.3, 0.4) is 0 Å². The summed E-state index contributed by atoms with van der Waals surface area (Å²) in [5, 5.41) is 0. The second-order valence-electron chi connectivity index (χ2n) is 4.10. The van der Waals surface area contributed by atoms with Crippen LogP contribution in [0.4, 0.5) is 4.39 Å². The van der Waals surface area contributed by atoms with Crippen LogP contribution < -0.4 is 10.5 Å². The van der Waals surface area contributed by atoms with Gasteiger partial charge in [0.25, 0.3) is 0 Å². The molecule has 2 nitrogen and oxygen atoms in total. The molecule has 0 aliphatic heterocycles. The van der Waals surface area contributed by atoms with E-state index in [1.807, 2.05) is 0 Å². The lowest BCUT2D eigenvalue weighted by molar-refractivity contribution is 0.235. The highest BCUT2D eigenvalue weighted by Gasteiger charge is 2.30. The first-order valence-electron chi connectivity index (χ1n) is 5.38. The molecule has 2 N–H and O–H groups in total. The summed E-state index contributed by atoms with van der Waals surface area (Å²) < 4.78 is 18.4. The van der Waals surface area contributed by atoms with Gasteiger partial charge in [0, 0.05) is 12.0 Å². The highest BCUT2D eigenvalue weighted by Crippen LogP contribution is 2.36. The molecule has 1 aliphatic rings. The summed E-state index contributed by atoms with van der Waals surface area (Å²) >= 11 is 0. The van der Waals surface area contributed by atoms with Gasteiger partial charge in [-0.1, -0.05) is 6.07 Å². The fourth-order valence-corrected chi connectivity index (χ4v) is 1.72. The molecule has 0 heterocycles. The smallest absolute Gasteiger partial charge is 0.126 e. The number of hydrogen-bond acceptors (Lipinski definition) is 2. The predicted molar refractivity (Wildman–Crippen MR) is 57.2 cm³/mol. The van der Waals surface area contributed by atoms with Crippen LogP contribution in [0.25, 0.3) is 0 Å². The van der Waals surface area contributed by atoms with E-state index in [1.54, 1.807) is 12.1 Å². The van der Waals surface area contributed by atoms with Crippen molar-refractivity contribution < 1.29 is 9.13 Å². The van der Waals surface area contributed by atoms with E-state index in [-0.39, 0.29) is 5.82 Å². The Kier molecular flexibility index (Phi) is 3.21. The summed E-state index contributed by atoms with van der Waals surface area (Å²) in [6.07, 6.45) is 2.52. The Morgan fingerprint density at radius 1 is 1.47 bits per heavy atom. The number of hydrogen-bond donors (Lipinski definition) is 1. The van der Waals surface area contributed by atoms with Gasteiger partial charge in [-0.25, -0.2) is 4.39 Å². The summed E-state index contributed by atoms with van der Waals surface area (Å²) in [4.78, 5) is 0. The van der Waals surface area contributed by atoms with Gasteiger partial charge in [0.2, 0.25) is 0 Å². The highest BCUT2D eigenvalue weighted by molar-refractivity contribution is 5.22. The topological polar surface area (TPSA) is 35.2 Å². The Balaban J connectivity index is 1.86. The number of halogens is 1. The van der Waals surface area contributed by atoms with Gasteiger partial charge in [0.1, 0.15) is 11.6 Å². The van der Waals surface area contributed by atoms with Crippen molar-refractivity contribution in [2.75, 3.05) is 13.2 Å². The van der Waals surface area contributed by atoms with E-state index >= 15 is 0 Å². The van der Waals surface area contributed by atoms with Crippen LogP contribution in [-0.4, -0.2) is 13.2 Å². The molecule has 1 atom stereocenters. The predicted octanol–water partition coefficient (Wildman–Crippen LogP) is 2.19. The zero-order valence-corrected chi connectivity index (χ0v) is 8.66. The van der Waals surface area contributed by atoms with E-state index in [0.717, 1.165) is 5.92 Å². The Hall–Kier alpha value is -1.09. The second kappa shape index (κ2) is 4.62. The minimum atomic E-state index is -0.261. The van der Waals surface area contributed by atoms with Gasteiger partial charge in [-0.2, -0.15) is 0 Å². The Morgan fingerprint density at radius 3 is 2.87 bits per heavy atom. The standard InChI is InChI=1S/C12H16FNO/c13-11-2-1-3-12(6-11)15-8-10(7-14)9-4-5-9/h1-3,6,9-10H,4-5,7-8,14H2. The van der Waals surface area contributed by atoms with Crippen molar-refractivity contribution >= 4 is 0 Å². The Bertz CT molecular complexity index is 325. The van der Waals surface area contributed by atoms with Gasteiger partial charge in [-0.3, -0.25) is 0 Å². The quantitative estimate of drug-likeness (QED) is 0.806. The number of nitrogens with two attached hydrogens (primary N) is 1. The van der Waals surface area contributed by atoms with Crippen molar-refractivity contribution in [3.05, 3.63) is 30.1 Å². The van der Waals surface area contributed by atoms with E-state index in [9.17, 15) is 4.39 Å². The molecule has 0 spiro atoms. The summed E-state index contributed by atoms with van der Waals surface area (Å²) in [6, 6.07) is 6.23. The molecular weight excluding hydrogens is 193 g/mol. The molecule has 0 aromatic heterocycles. The molecule has 1 fully saturated rings. The SMILES string of the molecule is NCC(COc1cccc(F)c1)C1CC1. The maximum atomic E-state index is 12.8.